The molecule has 2 aliphatic carbocycles. The number of ether oxygens (including phenoxy) is 1. The Balaban J connectivity index is 0.00000261. The normalized spacial score (nSPS) is 30.4. The lowest BCUT2D eigenvalue weighted by Crippen LogP contribution is -2.71. The molecule has 3 unspecified atom stereocenters. The zero-order chi connectivity index (χ0) is 18.7. The summed E-state index contributed by atoms with van der Waals surface area (Å²) in [7, 11) is 3.55. The minimum atomic E-state index is 0. The number of amides is 1. The third kappa shape index (κ3) is 5.28. The molecule has 7 heteroatoms. The summed E-state index contributed by atoms with van der Waals surface area (Å²) in [5.41, 5.74) is 0.0889. The smallest absolute Gasteiger partial charge is 0.243 e. The average Bonchev–Trinajstić information content (AvgIpc) is 2.64. The van der Waals surface area contributed by atoms with Crippen LogP contribution in [0.25, 0.3) is 0 Å². The van der Waals surface area contributed by atoms with Gasteiger partial charge in [0.05, 0.1) is 6.10 Å². The fourth-order valence-corrected chi connectivity index (χ4v) is 4.82. The highest BCUT2D eigenvalue weighted by Crippen LogP contribution is 2.51. The van der Waals surface area contributed by atoms with Gasteiger partial charge in [0.15, 0.2) is 5.96 Å². The van der Waals surface area contributed by atoms with E-state index in [2.05, 4.69) is 29.5 Å². The molecule has 0 aromatic heterocycles. The summed E-state index contributed by atoms with van der Waals surface area (Å²) in [5, 5.41) is 7.28. The first-order valence-electron chi connectivity index (χ1n) is 10.3. The quantitative estimate of drug-likeness (QED) is 0.360. The molecule has 1 heterocycles. The first-order valence-corrected chi connectivity index (χ1v) is 10.3. The Kier molecular flexibility index (Phi) is 8.21. The molecule has 0 spiro atoms. The van der Waals surface area contributed by atoms with Crippen molar-refractivity contribution in [3.05, 3.63) is 0 Å². The highest BCUT2D eigenvalue weighted by atomic mass is 127. The summed E-state index contributed by atoms with van der Waals surface area (Å²) in [4.78, 5) is 18.2. The van der Waals surface area contributed by atoms with Crippen LogP contribution >= 0.6 is 24.0 Å². The Morgan fingerprint density at radius 1 is 1.11 bits per heavy atom. The largest absolute Gasteiger partial charge is 0.377 e. The van der Waals surface area contributed by atoms with Crippen molar-refractivity contribution in [1.29, 1.82) is 0 Å². The Bertz CT molecular complexity index is 532. The molecule has 2 N–H and O–H groups in total. The topological polar surface area (TPSA) is 66.0 Å². The number of likely N-dealkylation sites (N-methyl/N-ethyl adjacent to an activating group) is 1. The van der Waals surface area contributed by atoms with Crippen molar-refractivity contribution in [3.63, 3.8) is 0 Å². The minimum absolute atomic E-state index is 0. The summed E-state index contributed by atoms with van der Waals surface area (Å²) in [5.74, 6) is 1.37. The summed E-state index contributed by atoms with van der Waals surface area (Å²) < 4.78 is 6.02. The number of nitrogens with one attached hydrogen (secondary N) is 2. The second-order valence-electron chi connectivity index (χ2n) is 8.97. The molecule has 3 rings (SSSR count). The van der Waals surface area contributed by atoms with Gasteiger partial charge in [0, 0.05) is 44.1 Å². The first kappa shape index (κ1) is 22.7. The van der Waals surface area contributed by atoms with Crippen LogP contribution in [0.3, 0.4) is 0 Å². The number of carbonyl (C=O) groups is 1. The summed E-state index contributed by atoms with van der Waals surface area (Å²) in [6.07, 6.45) is 8.93. The lowest BCUT2D eigenvalue weighted by molar-refractivity contribution is -0.188. The maximum absolute atomic E-state index is 12.0. The number of hydrogen-bond acceptors (Lipinski definition) is 3. The van der Waals surface area contributed by atoms with Gasteiger partial charge in [0.2, 0.25) is 5.91 Å². The van der Waals surface area contributed by atoms with E-state index in [0.717, 1.165) is 19.0 Å². The minimum Gasteiger partial charge on any atom is -0.377 e. The number of fused-ring (bicyclic) bond motifs is 1. The van der Waals surface area contributed by atoms with Crippen molar-refractivity contribution >= 4 is 35.8 Å². The maximum Gasteiger partial charge on any atom is 0.243 e. The molecule has 2 saturated carbocycles. The van der Waals surface area contributed by atoms with Crippen LogP contribution in [0, 0.1) is 11.3 Å². The Labute approximate surface area is 181 Å². The van der Waals surface area contributed by atoms with Gasteiger partial charge >= 0.3 is 0 Å². The van der Waals surface area contributed by atoms with Crippen molar-refractivity contribution < 1.29 is 9.53 Å². The highest BCUT2D eigenvalue weighted by Gasteiger charge is 2.58. The van der Waals surface area contributed by atoms with Gasteiger partial charge in [-0.2, -0.15) is 0 Å². The molecule has 0 aromatic carbocycles. The Morgan fingerprint density at radius 2 is 1.81 bits per heavy atom. The SMILES string of the molecule is CN(C)C(=O)CN=C(NC1CCCCC1)NC1C2CCCOC2C1(C)C.I. The molecular formula is C20H37IN4O2. The molecule has 0 radical (unpaired) electrons. The maximum atomic E-state index is 12.0. The second kappa shape index (κ2) is 9.76. The molecule has 156 valence electrons. The molecular weight excluding hydrogens is 455 g/mol. The van der Waals surface area contributed by atoms with E-state index in [9.17, 15) is 4.79 Å². The Morgan fingerprint density at radius 3 is 2.48 bits per heavy atom. The number of carbonyl (C=O) groups excluding carboxylic acids is 1. The standard InChI is InChI=1S/C20H36N4O2.HI/c1-20(2)17(15-11-8-12-26-18(15)20)23-19(21-13-16(25)24(3)4)22-14-9-6-5-7-10-14;/h14-15,17-18H,5-13H2,1-4H3,(H2,21,22,23);1H. The molecule has 0 aromatic rings. The zero-order valence-electron chi connectivity index (χ0n) is 17.3. The molecule has 1 amide bonds. The van der Waals surface area contributed by atoms with E-state index in [-0.39, 0.29) is 41.8 Å². The van der Waals surface area contributed by atoms with Gasteiger partial charge in [-0.1, -0.05) is 33.1 Å². The predicted molar refractivity (Wildman–Crippen MR) is 120 cm³/mol. The molecule has 6 nitrogen and oxygen atoms in total. The lowest BCUT2D eigenvalue weighted by Gasteiger charge is -2.60. The van der Waals surface area contributed by atoms with Crippen LogP contribution in [-0.4, -0.2) is 62.2 Å². The average molecular weight is 492 g/mol. The van der Waals surface area contributed by atoms with E-state index >= 15 is 0 Å². The molecule has 27 heavy (non-hydrogen) atoms. The van der Waals surface area contributed by atoms with E-state index in [1.165, 1.54) is 38.5 Å². The number of hydrogen-bond donors (Lipinski definition) is 2. The van der Waals surface area contributed by atoms with Crippen LogP contribution in [0.1, 0.15) is 58.8 Å². The van der Waals surface area contributed by atoms with E-state index in [0.29, 0.717) is 24.1 Å². The van der Waals surface area contributed by atoms with E-state index in [1.54, 1.807) is 19.0 Å². The van der Waals surface area contributed by atoms with Gasteiger partial charge in [0.1, 0.15) is 6.54 Å². The van der Waals surface area contributed by atoms with Gasteiger partial charge in [-0.25, -0.2) is 4.99 Å². The van der Waals surface area contributed by atoms with Gasteiger partial charge in [0.25, 0.3) is 0 Å². The van der Waals surface area contributed by atoms with E-state index in [4.69, 9.17) is 4.74 Å². The monoisotopic (exact) mass is 492 g/mol. The Hall–Kier alpha value is -0.570. The van der Waals surface area contributed by atoms with Crippen LogP contribution in [0.4, 0.5) is 0 Å². The van der Waals surface area contributed by atoms with E-state index < -0.39 is 0 Å². The molecule has 1 saturated heterocycles. The summed E-state index contributed by atoms with van der Waals surface area (Å²) in [6, 6.07) is 0.808. The van der Waals surface area contributed by atoms with Gasteiger partial charge < -0.3 is 20.3 Å². The zero-order valence-corrected chi connectivity index (χ0v) is 19.6. The van der Waals surface area contributed by atoms with Crippen LogP contribution in [0.15, 0.2) is 4.99 Å². The number of aliphatic imine (C=N–C) groups is 1. The van der Waals surface area contributed by atoms with Gasteiger partial charge in [-0.15, -0.1) is 24.0 Å². The van der Waals surface area contributed by atoms with Crippen LogP contribution in [0.2, 0.25) is 0 Å². The molecule has 3 aliphatic rings. The number of rotatable bonds is 4. The van der Waals surface area contributed by atoms with Crippen LogP contribution < -0.4 is 10.6 Å². The third-order valence-corrected chi connectivity index (χ3v) is 6.44. The number of nitrogens with zero attached hydrogens (tertiary/aromatic N) is 2. The predicted octanol–water partition coefficient (Wildman–Crippen LogP) is 2.76. The molecule has 3 fully saturated rings. The number of halogens is 1. The van der Waals surface area contributed by atoms with Crippen molar-refractivity contribution in [2.75, 3.05) is 27.2 Å². The van der Waals surface area contributed by atoms with Crippen molar-refractivity contribution in [2.24, 2.45) is 16.3 Å². The van der Waals surface area contributed by atoms with Crippen molar-refractivity contribution in [1.82, 2.24) is 15.5 Å². The van der Waals surface area contributed by atoms with Crippen molar-refractivity contribution in [3.8, 4) is 0 Å². The fraction of sp³-hybridized carbons (Fsp3) is 0.900. The van der Waals surface area contributed by atoms with Crippen LogP contribution in [0.5, 0.6) is 0 Å². The second-order valence-corrected chi connectivity index (χ2v) is 8.97. The summed E-state index contributed by atoms with van der Waals surface area (Å²) in [6.45, 7) is 5.63. The summed E-state index contributed by atoms with van der Waals surface area (Å²) >= 11 is 0. The first-order chi connectivity index (χ1) is 12.4. The molecule has 1 aliphatic heterocycles. The van der Waals surface area contributed by atoms with Crippen LogP contribution in [-0.2, 0) is 9.53 Å². The fourth-order valence-electron chi connectivity index (χ4n) is 4.82. The van der Waals surface area contributed by atoms with Crippen molar-refractivity contribution in [2.45, 2.75) is 77.0 Å². The molecule has 0 bridgehead atoms. The highest BCUT2D eigenvalue weighted by molar-refractivity contribution is 14.0. The molecule has 3 atom stereocenters. The van der Waals surface area contributed by atoms with Gasteiger partial charge in [-0.05, 0) is 25.7 Å². The lowest BCUT2D eigenvalue weighted by atomic mass is 9.55. The van der Waals surface area contributed by atoms with E-state index in [1.807, 2.05) is 0 Å². The van der Waals surface area contributed by atoms with Gasteiger partial charge in [-0.3, -0.25) is 4.79 Å². The number of guanidine groups is 1. The third-order valence-electron chi connectivity index (χ3n) is 6.44.